The molecule has 5 nitrogen and oxygen atoms in total. The molecule has 19 heavy (non-hydrogen) atoms. The maximum atomic E-state index is 11.7. The highest BCUT2D eigenvalue weighted by atomic mass is 16.6. The van der Waals surface area contributed by atoms with Crippen molar-refractivity contribution in [3.8, 4) is 0 Å². The Morgan fingerprint density at radius 2 is 1.58 bits per heavy atom. The van der Waals surface area contributed by atoms with Crippen LogP contribution in [0, 0.1) is 5.41 Å². The molecule has 0 radical (unpaired) electrons. The first-order valence-corrected chi connectivity index (χ1v) is 6.70. The average Bonchev–Trinajstić information content (AvgIpc) is 2.12. The van der Waals surface area contributed by atoms with E-state index in [0.717, 1.165) is 0 Å². The molecule has 0 heterocycles. The Morgan fingerprint density at radius 1 is 1.05 bits per heavy atom. The van der Waals surface area contributed by atoms with Gasteiger partial charge in [-0.05, 0) is 34.6 Å². The lowest BCUT2D eigenvalue weighted by Gasteiger charge is -2.30. The molecule has 0 rings (SSSR count). The number of rotatable bonds is 6. The Labute approximate surface area is 117 Å². The van der Waals surface area contributed by atoms with Gasteiger partial charge in [0.05, 0.1) is 5.54 Å². The Bertz CT molecular complexity index is 294. The van der Waals surface area contributed by atoms with Crippen LogP contribution in [0.3, 0.4) is 0 Å². The van der Waals surface area contributed by atoms with Gasteiger partial charge in [-0.15, -0.1) is 0 Å². The molecule has 0 aliphatic heterocycles. The highest BCUT2D eigenvalue weighted by molar-refractivity contribution is 5.68. The van der Waals surface area contributed by atoms with E-state index in [0.29, 0.717) is 13.1 Å². The number of carbonyl (C=O) groups excluding carboxylic acids is 1. The molecule has 0 aromatic rings. The summed E-state index contributed by atoms with van der Waals surface area (Å²) in [6.45, 7) is 14.7. The number of aliphatic hydroxyl groups is 1. The fourth-order valence-corrected chi connectivity index (χ4v) is 1.39. The Hall–Kier alpha value is -0.810. The summed E-state index contributed by atoms with van der Waals surface area (Å²) in [6, 6.07) is 0. The van der Waals surface area contributed by atoms with Crippen LogP contribution in [0.4, 0.5) is 4.79 Å². The molecule has 0 saturated carbocycles. The van der Waals surface area contributed by atoms with E-state index in [1.54, 1.807) is 0 Å². The van der Waals surface area contributed by atoms with Crippen LogP contribution < -0.4 is 10.6 Å². The molecule has 0 atom stereocenters. The number of hydrogen-bond acceptors (Lipinski definition) is 4. The van der Waals surface area contributed by atoms with Gasteiger partial charge in [-0.3, -0.25) is 0 Å². The number of nitrogens with one attached hydrogen (secondary N) is 2. The van der Waals surface area contributed by atoms with Gasteiger partial charge in [0, 0.05) is 25.1 Å². The van der Waals surface area contributed by atoms with Gasteiger partial charge in [-0.2, -0.15) is 0 Å². The number of amides is 1. The van der Waals surface area contributed by atoms with E-state index < -0.39 is 17.2 Å². The zero-order chi connectivity index (χ0) is 15.3. The molecule has 114 valence electrons. The molecule has 0 aliphatic rings. The lowest BCUT2D eigenvalue weighted by molar-refractivity contribution is 0.0470. The highest BCUT2D eigenvalue weighted by Crippen LogP contribution is 2.12. The van der Waals surface area contributed by atoms with Crippen molar-refractivity contribution in [3.05, 3.63) is 0 Å². The molecule has 3 N–H and O–H groups in total. The van der Waals surface area contributed by atoms with Crippen molar-refractivity contribution in [2.45, 2.75) is 59.6 Å². The Balaban J connectivity index is 4.15. The van der Waals surface area contributed by atoms with Crippen molar-refractivity contribution >= 4 is 6.09 Å². The number of carbonyl (C=O) groups is 1. The van der Waals surface area contributed by atoms with Crippen molar-refractivity contribution in [2.24, 2.45) is 5.41 Å². The van der Waals surface area contributed by atoms with Gasteiger partial charge in [0.2, 0.25) is 0 Å². The van der Waals surface area contributed by atoms with Crippen molar-refractivity contribution in [1.29, 1.82) is 0 Å². The molecule has 0 aromatic heterocycles. The zero-order valence-corrected chi connectivity index (χ0v) is 13.4. The van der Waals surface area contributed by atoms with E-state index in [4.69, 9.17) is 9.84 Å². The van der Waals surface area contributed by atoms with Gasteiger partial charge in [0.25, 0.3) is 0 Å². The molecule has 5 heteroatoms. The minimum absolute atomic E-state index is 0.125. The van der Waals surface area contributed by atoms with Gasteiger partial charge in [0.15, 0.2) is 0 Å². The van der Waals surface area contributed by atoms with E-state index in [-0.39, 0.29) is 12.0 Å². The SMILES string of the molecule is CC(C)(CO)CNCC(C)(C)NC(=O)OC(C)(C)C. The monoisotopic (exact) mass is 274 g/mol. The van der Waals surface area contributed by atoms with Gasteiger partial charge >= 0.3 is 6.09 Å². The second kappa shape index (κ2) is 6.57. The van der Waals surface area contributed by atoms with E-state index in [1.165, 1.54) is 0 Å². The fraction of sp³-hybridized carbons (Fsp3) is 0.929. The third-order valence-corrected chi connectivity index (χ3v) is 2.44. The lowest BCUT2D eigenvalue weighted by atomic mass is 9.94. The van der Waals surface area contributed by atoms with E-state index in [1.807, 2.05) is 48.5 Å². The summed E-state index contributed by atoms with van der Waals surface area (Å²) >= 11 is 0. The van der Waals surface area contributed by atoms with E-state index >= 15 is 0 Å². The summed E-state index contributed by atoms with van der Waals surface area (Å²) in [5.74, 6) is 0. The molecule has 0 saturated heterocycles. The standard InChI is InChI=1S/C14H30N2O3/c1-12(2,3)19-11(18)16-14(6,7)9-15-8-13(4,5)10-17/h15,17H,8-10H2,1-7H3,(H,16,18). The van der Waals surface area contributed by atoms with Crippen molar-refractivity contribution in [2.75, 3.05) is 19.7 Å². The average molecular weight is 274 g/mol. The van der Waals surface area contributed by atoms with Crippen molar-refractivity contribution in [1.82, 2.24) is 10.6 Å². The highest BCUT2D eigenvalue weighted by Gasteiger charge is 2.25. The summed E-state index contributed by atoms with van der Waals surface area (Å²) in [5, 5.41) is 15.3. The quantitative estimate of drug-likeness (QED) is 0.692. The van der Waals surface area contributed by atoms with Crippen LogP contribution in [0.15, 0.2) is 0 Å². The molecule has 0 spiro atoms. The fourth-order valence-electron chi connectivity index (χ4n) is 1.39. The molecule has 0 aromatic carbocycles. The maximum absolute atomic E-state index is 11.7. The summed E-state index contributed by atoms with van der Waals surface area (Å²) in [6.07, 6.45) is -0.416. The molecule has 0 fully saturated rings. The van der Waals surface area contributed by atoms with E-state index in [9.17, 15) is 4.79 Å². The van der Waals surface area contributed by atoms with Crippen molar-refractivity contribution in [3.63, 3.8) is 0 Å². The van der Waals surface area contributed by atoms with Gasteiger partial charge in [0.1, 0.15) is 5.60 Å². The van der Waals surface area contributed by atoms with Crippen molar-refractivity contribution < 1.29 is 14.6 Å². The van der Waals surface area contributed by atoms with Gasteiger partial charge in [-0.1, -0.05) is 13.8 Å². The molecule has 1 amide bonds. The first kappa shape index (κ1) is 18.2. The molecular formula is C14H30N2O3. The number of aliphatic hydroxyl groups excluding tert-OH is 1. The minimum atomic E-state index is -0.494. The summed E-state index contributed by atoms with van der Waals surface area (Å²) in [4.78, 5) is 11.7. The predicted octanol–water partition coefficient (Wildman–Crippen LogP) is 1.90. The van der Waals surface area contributed by atoms with Crippen LogP contribution in [0.1, 0.15) is 48.5 Å². The Morgan fingerprint density at radius 3 is 2.00 bits per heavy atom. The third kappa shape index (κ3) is 9.73. The molecule has 0 bridgehead atoms. The number of ether oxygens (including phenoxy) is 1. The largest absolute Gasteiger partial charge is 0.444 e. The summed E-state index contributed by atoms with van der Waals surface area (Å²) in [7, 11) is 0. The van der Waals surface area contributed by atoms with Crippen LogP contribution in [0.5, 0.6) is 0 Å². The van der Waals surface area contributed by atoms with Crippen LogP contribution in [0.2, 0.25) is 0 Å². The predicted molar refractivity (Wildman–Crippen MR) is 77.2 cm³/mol. The van der Waals surface area contributed by atoms with Gasteiger partial charge < -0.3 is 20.5 Å². The second-order valence-electron chi connectivity index (χ2n) is 7.44. The molecule has 0 unspecified atom stereocenters. The third-order valence-electron chi connectivity index (χ3n) is 2.44. The zero-order valence-electron chi connectivity index (χ0n) is 13.4. The maximum Gasteiger partial charge on any atom is 0.408 e. The number of hydrogen-bond donors (Lipinski definition) is 3. The van der Waals surface area contributed by atoms with Crippen LogP contribution in [0.25, 0.3) is 0 Å². The summed E-state index contributed by atoms with van der Waals surface area (Å²) < 4.78 is 5.22. The minimum Gasteiger partial charge on any atom is -0.444 e. The topological polar surface area (TPSA) is 70.6 Å². The molecule has 0 aliphatic carbocycles. The Kier molecular flexibility index (Phi) is 6.29. The summed E-state index contributed by atoms with van der Waals surface area (Å²) in [5.41, 5.74) is -1.07. The van der Waals surface area contributed by atoms with Gasteiger partial charge in [-0.25, -0.2) is 4.79 Å². The second-order valence-corrected chi connectivity index (χ2v) is 7.44. The van der Waals surface area contributed by atoms with Crippen LogP contribution >= 0.6 is 0 Å². The number of alkyl carbamates (subject to hydrolysis) is 1. The first-order valence-electron chi connectivity index (χ1n) is 6.70. The van der Waals surface area contributed by atoms with E-state index in [2.05, 4.69) is 10.6 Å². The smallest absolute Gasteiger partial charge is 0.408 e. The normalized spacial score (nSPS) is 13.3. The first-order chi connectivity index (χ1) is 8.37. The van der Waals surface area contributed by atoms with Crippen LogP contribution in [-0.4, -0.2) is 42.0 Å². The molecular weight excluding hydrogens is 244 g/mol. The van der Waals surface area contributed by atoms with Crippen LogP contribution in [-0.2, 0) is 4.74 Å². The lowest BCUT2D eigenvalue weighted by Crippen LogP contribution is -2.52.